The number of carbonyl (C=O) groups excluding carboxylic acids is 1. The minimum absolute atomic E-state index is 0.0954. The highest BCUT2D eigenvalue weighted by Gasteiger charge is 2.18. The molecular formula is C23H21N5O3S. The summed E-state index contributed by atoms with van der Waals surface area (Å²) in [5, 5.41) is 13.2. The van der Waals surface area contributed by atoms with Crippen molar-refractivity contribution in [1.29, 1.82) is 0 Å². The molecule has 0 aliphatic rings. The molecule has 0 atom stereocenters. The molecule has 0 unspecified atom stereocenters. The molecule has 0 aliphatic carbocycles. The van der Waals surface area contributed by atoms with Gasteiger partial charge in [-0.15, -0.1) is 0 Å². The molecule has 3 aromatic heterocycles. The van der Waals surface area contributed by atoms with Crippen molar-refractivity contribution < 1.29 is 14.1 Å². The number of amides is 1. The fourth-order valence-electron chi connectivity index (χ4n) is 3.82. The Morgan fingerprint density at radius 3 is 2.84 bits per heavy atom. The van der Waals surface area contributed by atoms with Crippen LogP contribution in [0, 0.1) is 20.8 Å². The number of aryl methyl sites for hydroxylation is 3. The highest BCUT2D eigenvalue weighted by Crippen LogP contribution is 2.30. The van der Waals surface area contributed by atoms with Crippen LogP contribution in [0.2, 0.25) is 0 Å². The Kier molecular flexibility index (Phi) is 4.90. The maximum atomic E-state index is 12.9. The standard InChI is InChI=1S/C23H21N5O3S/c1-12-7-13(2)22-17(27-31-18(22)8-12)11-21(29)25-20-9-14(3)26-28(20)23-24-16-6-5-15(30-4)10-19(16)32-23/h5-10H,11H2,1-4H3,(H,25,29). The van der Waals surface area contributed by atoms with Crippen LogP contribution in [-0.2, 0) is 11.2 Å². The number of benzene rings is 2. The third-order valence-corrected chi connectivity index (χ3v) is 6.17. The lowest BCUT2D eigenvalue weighted by Crippen LogP contribution is -2.17. The van der Waals surface area contributed by atoms with Crippen LogP contribution in [0.4, 0.5) is 5.82 Å². The van der Waals surface area contributed by atoms with Gasteiger partial charge in [0.1, 0.15) is 17.3 Å². The van der Waals surface area contributed by atoms with Crippen molar-refractivity contribution in [3.63, 3.8) is 0 Å². The van der Waals surface area contributed by atoms with Crippen LogP contribution in [0.25, 0.3) is 26.3 Å². The van der Waals surface area contributed by atoms with Gasteiger partial charge in [0.05, 0.1) is 29.4 Å². The minimum Gasteiger partial charge on any atom is -0.497 e. The summed E-state index contributed by atoms with van der Waals surface area (Å²) in [7, 11) is 1.63. The molecule has 3 heterocycles. The van der Waals surface area contributed by atoms with E-state index in [4.69, 9.17) is 9.26 Å². The zero-order valence-electron chi connectivity index (χ0n) is 18.1. The van der Waals surface area contributed by atoms with E-state index in [2.05, 4.69) is 26.6 Å². The van der Waals surface area contributed by atoms with Crippen molar-refractivity contribution in [1.82, 2.24) is 19.9 Å². The molecule has 32 heavy (non-hydrogen) atoms. The fraction of sp³-hybridized carbons (Fsp3) is 0.217. The molecule has 162 valence electrons. The van der Waals surface area contributed by atoms with Crippen LogP contribution < -0.4 is 10.1 Å². The molecular weight excluding hydrogens is 426 g/mol. The molecule has 1 amide bonds. The van der Waals surface area contributed by atoms with E-state index in [-0.39, 0.29) is 12.3 Å². The molecule has 5 aromatic rings. The molecule has 0 spiro atoms. The summed E-state index contributed by atoms with van der Waals surface area (Å²) in [6, 6.07) is 11.5. The minimum atomic E-state index is -0.205. The van der Waals surface area contributed by atoms with E-state index in [1.54, 1.807) is 11.8 Å². The quantitative estimate of drug-likeness (QED) is 0.418. The summed E-state index contributed by atoms with van der Waals surface area (Å²) in [5.74, 6) is 1.12. The topological polar surface area (TPSA) is 95.1 Å². The summed E-state index contributed by atoms with van der Waals surface area (Å²) in [4.78, 5) is 17.5. The zero-order chi connectivity index (χ0) is 22.4. The molecule has 8 nitrogen and oxygen atoms in total. The second-order valence-electron chi connectivity index (χ2n) is 7.72. The number of rotatable bonds is 5. The Morgan fingerprint density at radius 1 is 1.19 bits per heavy atom. The first-order valence-electron chi connectivity index (χ1n) is 10.1. The largest absolute Gasteiger partial charge is 0.497 e. The van der Waals surface area contributed by atoms with E-state index < -0.39 is 0 Å². The normalized spacial score (nSPS) is 11.4. The van der Waals surface area contributed by atoms with Gasteiger partial charge in [-0.1, -0.05) is 22.6 Å². The predicted molar refractivity (Wildman–Crippen MR) is 124 cm³/mol. The number of ether oxygens (including phenoxy) is 1. The maximum Gasteiger partial charge on any atom is 0.231 e. The summed E-state index contributed by atoms with van der Waals surface area (Å²) in [6.45, 7) is 5.87. The number of methoxy groups -OCH3 is 1. The van der Waals surface area contributed by atoms with Gasteiger partial charge >= 0.3 is 0 Å². The van der Waals surface area contributed by atoms with E-state index in [0.717, 1.165) is 38.2 Å². The first-order valence-corrected chi connectivity index (χ1v) is 10.9. The van der Waals surface area contributed by atoms with Gasteiger partial charge < -0.3 is 14.6 Å². The Morgan fingerprint density at radius 2 is 2.03 bits per heavy atom. The van der Waals surface area contributed by atoms with Crippen molar-refractivity contribution in [3.05, 3.63) is 58.9 Å². The fourth-order valence-corrected chi connectivity index (χ4v) is 4.78. The van der Waals surface area contributed by atoms with Crippen LogP contribution in [0.15, 0.2) is 40.9 Å². The number of thiazole rings is 1. The highest BCUT2D eigenvalue weighted by atomic mass is 32.1. The SMILES string of the molecule is COc1ccc2nc(-n3nc(C)cc3NC(=O)Cc3noc4cc(C)cc(C)c34)sc2c1. The van der Waals surface area contributed by atoms with Crippen molar-refractivity contribution in [2.75, 3.05) is 12.4 Å². The molecule has 9 heteroatoms. The Balaban J connectivity index is 1.43. The lowest BCUT2D eigenvalue weighted by atomic mass is 10.0. The van der Waals surface area contributed by atoms with Crippen LogP contribution in [0.3, 0.4) is 0 Å². The van der Waals surface area contributed by atoms with Gasteiger partial charge in [0.2, 0.25) is 11.0 Å². The lowest BCUT2D eigenvalue weighted by molar-refractivity contribution is -0.115. The van der Waals surface area contributed by atoms with Gasteiger partial charge in [0.15, 0.2) is 5.58 Å². The van der Waals surface area contributed by atoms with Crippen LogP contribution >= 0.6 is 11.3 Å². The molecule has 0 fully saturated rings. The Labute approximate surface area is 187 Å². The lowest BCUT2D eigenvalue weighted by Gasteiger charge is -2.06. The maximum absolute atomic E-state index is 12.9. The van der Waals surface area contributed by atoms with E-state index in [9.17, 15) is 4.79 Å². The molecule has 2 aromatic carbocycles. The summed E-state index contributed by atoms with van der Waals surface area (Å²) < 4.78 is 13.4. The number of aromatic nitrogens is 4. The summed E-state index contributed by atoms with van der Waals surface area (Å²) in [6.07, 6.45) is 0.0954. The van der Waals surface area contributed by atoms with Crippen LogP contribution in [0.5, 0.6) is 5.75 Å². The average molecular weight is 448 g/mol. The first kappa shape index (κ1) is 20.2. The van der Waals surface area contributed by atoms with Gasteiger partial charge in [0.25, 0.3) is 0 Å². The van der Waals surface area contributed by atoms with Gasteiger partial charge in [-0.2, -0.15) is 9.78 Å². The third-order valence-electron chi connectivity index (χ3n) is 5.18. The zero-order valence-corrected chi connectivity index (χ0v) is 18.9. The van der Waals surface area contributed by atoms with Crippen molar-refractivity contribution in [2.45, 2.75) is 27.2 Å². The number of nitrogens with zero attached hydrogens (tertiary/aromatic N) is 4. The van der Waals surface area contributed by atoms with Gasteiger partial charge in [0, 0.05) is 11.5 Å². The predicted octanol–water partition coefficient (Wildman–Crippen LogP) is 4.74. The second-order valence-corrected chi connectivity index (χ2v) is 8.73. The molecule has 0 bridgehead atoms. The number of hydrogen-bond donors (Lipinski definition) is 1. The van der Waals surface area contributed by atoms with Crippen molar-refractivity contribution in [3.8, 4) is 10.9 Å². The van der Waals surface area contributed by atoms with Crippen molar-refractivity contribution in [2.24, 2.45) is 0 Å². The number of fused-ring (bicyclic) bond motifs is 2. The van der Waals surface area contributed by atoms with Crippen molar-refractivity contribution >= 4 is 44.2 Å². The molecule has 5 rings (SSSR count). The molecule has 0 aliphatic heterocycles. The number of hydrogen-bond acceptors (Lipinski definition) is 7. The molecule has 0 radical (unpaired) electrons. The van der Waals surface area contributed by atoms with E-state index >= 15 is 0 Å². The number of nitrogens with one attached hydrogen (secondary N) is 1. The van der Waals surface area contributed by atoms with E-state index in [0.29, 0.717) is 22.2 Å². The molecule has 0 saturated carbocycles. The monoisotopic (exact) mass is 447 g/mol. The number of anilines is 1. The smallest absolute Gasteiger partial charge is 0.231 e. The van der Waals surface area contributed by atoms with Gasteiger partial charge in [-0.3, -0.25) is 4.79 Å². The first-order chi connectivity index (χ1) is 15.4. The van der Waals surface area contributed by atoms with Crippen LogP contribution in [-0.4, -0.2) is 32.9 Å². The second kappa shape index (κ2) is 7.76. The van der Waals surface area contributed by atoms with Crippen LogP contribution in [0.1, 0.15) is 22.5 Å². The molecule has 0 saturated heterocycles. The Hall–Kier alpha value is -3.72. The van der Waals surface area contributed by atoms with E-state index in [1.165, 1.54) is 11.3 Å². The third kappa shape index (κ3) is 3.60. The molecule has 1 N–H and O–H groups in total. The average Bonchev–Trinajstić information content (AvgIpc) is 3.44. The Bertz CT molecular complexity index is 1480. The van der Waals surface area contributed by atoms with E-state index in [1.807, 2.05) is 51.1 Å². The number of carbonyl (C=O) groups is 1. The highest BCUT2D eigenvalue weighted by molar-refractivity contribution is 7.20. The summed E-state index contributed by atoms with van der Waals surface area (Å²) in [5.41, 5.74) is 5.05. The summed E-state index contributed by atoms with van der Waals surface area (Å²) >= 11 is 1.48. The van der Waals surface area contributed by atoms with Gasteiger partial charge in [-0.05, 0) is 56.2 Å². The van der Waals surface area contributed by atoms with Gasteiger partial charge in [-0.25, -0.2) is 4.98 Å².